The lowest BCUT2D eigenvalue weighted by molar-refractivity contribution is -0.135. The minimum Gasteiger partial charge on any atom is -0.491 e. The van der Waals surface area contributed by atoms with Crippen LogP contribution in [0, 0.1) is 0 Å². The number of H-pyrrole nitrogens is 1. The van der Waals surface area contributed by atoms with Crippen LogP contribution in [0.4, 0.5) is 9.59 Å². The van der Waals surface area contributed by atoms with E-state index >= 15 is 0 Å². The van der Waals surface area contributed by atoms with Crippen LogP contribution < -0.4 is 15.4 Å². The van der Waals surface area contributed by atoms with E-state index < -0.39 is 35.5 Å². The Kier molecular flexibility index (Phi) is 13.5. The lowest BCUT2D eigenvalue weighted by atomic mass is 10.0. The average molecular weight is 855 g/mol. The van der Waals surface area contributed by atoms with Crippen molar-refractivity contribution in [2.24, 2.45) is 0 Å². The monoisotopic (exact) mass is 854 g/mol. The Balaban J connectivity index is 0.967. The normalized spacial score (nSPS) is 17.4. The Labute approximate surface area is 369 Å². The molecule has 0 aliphatic carbocycles. The van der Waals surface area contributed by atoms with Gasteiger partial charge in [0.05, 0.1) is 24.0 Å². The highest BCUT2D eigenvalue weighted by Crippen LogP contribution is 2.35. The maximum atomic E-state index is 14.1. The first-order valence-corrected chi connectivity index (χ1v) is 21.7. The molecule has 2 aliphatic heterocycles. The molecular formula is C50H58N6O7. The number of nitrogens with one attached hydrogen (secondary N) is 3. The standard InChI is InChI=1S/C50H58N6O7/c1-49(2,3)62-47(59)53-42(36-15-9-7-10-16-36)45(57)55-29-13-19-38(55)32-61-39-27-25-34(26-28-39)33-21-23-35(24-22-33)40-31-51-44(52-40)41-20-14-30-56(41)46(58)43(37-17-11-8-12-18-37)54-48(60)63-50(4,5)6/h7-12,15-18,21-28,31,38,41-43H,13-14,19-20,29-30,32H2,1-6H3,(H,51,52)(H,53,59)(H,54,60)/t38-,41-,42+,43+/m0/s1. The molecule has 4 aromatic carbocycles. The number of hydrogen-bond acceptors (Lipinski definition) is 8. The molecule has 4 amide bonds. The van der Waals surface area contributed by atoms with Crippen molar-refractivity contribution in [1.29, 1.82) is 0 Å². The van der Waals surface area contributed by atoms with Gasteiger partial charge in [-0.15, -0.1) is 0 Å². The molecule has 4 atom stereocenters. The van der Waals surface area contributed by atoms with E-state index in [0.717, 1.165) is 48.1 Å². The topological polar surface area (TPSA) is 155 Å². The molecule has 2 aliphatic rings. The molecule has 1 aromatic heterocycles. The number of likely N-dealkylation sites (tertiary alicyclic amines) is 2. The van der Waals surface area contributed by atoms with Crippen molar-refractivity contribution in [1.82, 2.24) is 30.4 Å². The van der Waals surface area contributed by atoms with Crippen molar-refractivity contribution in [3.8, 4) is 28.1 Å². The van der Waals surface area contributed by atoms with E-state index in [1.54, 1.807) is 52.6 Å². The molecule has 0 saturated carbocycles. The van der Waals surface area contributed by atoms with Gasteiger partial charge in [-0.05, 0) is 107 Å². The van der Waals surface area contributed by atoms with E-state index in [1.807, 2.05) is 102 Å². The van der Waals surface area contributed by atoms with Crippen LogP contribution in [-0.2, 0) is 19.1 Å². The fourth-order valence-corrected chi connectivity index (χ4v) is 8.09. The molecule has 0 bridgehead atoms. The summed E-state index contributed by atoms with van der Waals surface area (Å²) >= 11 is 0. The summed E-state index contributed by atoms with van der Waals surface area (Å²) in [5.41, 5.74) is 3.78. The van der Waals surface area contributed by atoms with Gasteiger partial charge in [-0.2, -0.15) is 0 Å². The van der Waals surface area contributed by atoms with E-state index in [4.69, 9.17) is 19.2 Å². The molecule has 2 fully saturated rings. The number of imidazole rings is 1. The third kappa shape index (κ3) is 11.4. The first kappa shape index (κ1) is 44.4. The summed E-state index contributed by atoms with van der Waals surface area (Å²) in [5.74, 6) is 0.977. The van der Waals surface area contributed by atoms with Crippen LogP contribution in [0.2, 0.25) is 0 Å². The quantitative estimate of drug-likeness (QED) is 0.112. The largest absolute Gasteiger partial charge is 0.491 e. The van der Waals surface area contributed by atoms with Crippen LogP contribution in [0.5, 0.6) is 5.75 Å². The molecule has 13 nitrogen and oxygen atoms in total. The first-order valence-electron chi connectivity index (χ1n) is 21.7. The molecule has 63 heavy (non-hydrogen) atoms. The SMILES string of the molecule is CC(C)(C)OC(=O)N[C@@H](C(=O)N1CCC[C@H]1COc1ccc(-c2ccc(-c3cnc([C@@H]4CCCN4C(=O)[C@H](NC(=O)OC(C)(C)C)c4ccccc4)[nH]3)cc2)cc1)c1ccccc1. The lowest BCUT2D eigenvalue weighted by Crippen LogP contribution is -2.47. The Morgan fingerprint density at radius 3 is 1.67 bits per heavy atom. The Hall–Kier alpha value is -6.63. The smallest absolute Gasteiger partial charge is 0.408 e. The second-order valence-electron chi connectivity index (χ2n) is 18.1. The fourth-order valence-electron chi connectivity index (χ4n) is 8.09. The minimum absolute atomic E-state index is 0.149. The number of carbonyl (C=O) groups is 4. The van der Waals surface area contributed by atoms with Gasteiger partial charge in [0.15, 0.2) is 0 Å². The summed E-state index contributed by atoms with van der Waals surface area (Å²) in [6.07, 6.45) is 3.68. The molecule has 5 aromatic rings. The van der Waals surface area contributed by atoms with Gasteiger partial charge in [0.25, 0.3) is 5.91 Å². The number of nitrogens with zero attached hydrogens (tertiary/aromatic N) is 3. The van der Waals surface area contributed by atoms with E-state index in [2.05, 4.69) is 27.8 Å². The molecule has 13 heteroatoms. The van der Waals surface area contributed by atoms with Gasteiger partial charge in [-0.1, -0.05) is 97.1 Å². The van der Waals surface area contributed by atoms with Gasteiger partial charge < -0.3 is 39.6 Å². The Bertz CT molecular complexity index is 2340. The molecular weight excluding hydrogens is 797 g/mol. The van der Waals surface area contributed by atoms with E-state index in [-0.39, 0.29) is 23.9 Å². The highest BCUT2D eigenvalue weighted by atomic mass is 16.6. The second kappa shape index (κ2) is 19.2. The maximum absolute atomic E-state index is 14.1. The molecule has 7 rings (SSSR count). The first-order chi connectivity index (χ1) is 30.1. The van der Waals surface area contributed by atoms with Crippen LogP contribution in [0.25, 0.3) is 22.4 Å². The number of aromatic amines is 1. The predicted molar refractivity (Wildman–Crippen MR) is 240 cm³/mol. The van der Waals surface area contributed by atoms with Crippen molar-refractivity contribution in [3.63, 3.8) is 0 Å². The summed E-state index contributed by atoms with van der Waals surface area (Å²) in [4.78, 5) is 65.6. The van der Waals surface area contributed by atoms with Gasteiger partial charge in [0.2, 0.25) is 5.91 Å². The van der Waals surface area contributed by atoms with Crippen molar-refractivity contribution in [3.05, 3.63) is 132 Å². The average Bonchev–Trinajstić information content (AvgIpc) is 4.05. The molecule has 0 spiro atoms. The minimum atomic E-state index is -0.910. The van der Waals surface area contributed by atoms with Crippen molar-refractivity contribution in [2.45, 2.75) is 103 Å². The fraction of sp³-hybridized carbons (Fsp3) is 0.380. The van der Waals surface area contributed by atoms with Gasteiger partial charge in [0.1, 0.15) is 41.5 Å². The van der Waals surface area contributed by atoms with Gasteiger partial charge in [-0.3, -0.25) is 9.59 Å². The van der Waals surface area contributed by atoms with Crippen LogP contribution >= 0.6 is 0 Å². The highest BCUT2D eigenvalue weighted by molar-refractivity contribution is 5.88. The second-order valence-corrected chi connectivity index (χ2v) is 18.1. The van der Waals surface area contributed by atoms with Crippen LogP contribution in [0.15, 0.2) is 115 Å². The third-order valence-corrected chi connectivity index (χ3v) is 11.0. The number of alkyl carbamates (subject to hydrolysis) is 2. The summed E-state index contributed by atoms with van der Waals surface area (Å²) in [7, 11) is 0. The lowest BCUT2D eigenvalue weighted by Gasteiger charge is -2.30. The van der Waals surface area contributed by atoms with Gasteiger partial charge in [0, 0.05) is 13.1 Å². The number of carbonyl (C=O) groups excluding carboxylic acids is 4. The number of benzene rings is 4. The summed E-state index contributed by atoms with van der Waals surface area (Å²) in [6, 6.07) is 32.3. The summed E-state index contributed by atoms with van der Waals surface area (Å²) < 4.78 is 17.2. The maximum Gasteiger partial charge on any atom is 0.408 e. The molecule has 3 N–H and O–H groups in total. The summed E-state index contributed by atoms with van der Waals surface area (Å²) in [6.45, 7) is 12.2. The molecule has 330 valence electrons. The van der Waals surface area contributed by atoms with Crippen molar-refractivity contribution in [2.75, 3.05) is 19.7 Å². The molecule has 0 unspecified atom stereocenters. The van der Waals surface area contributed by atoms with Gasteiger partial charge in [-0.25, -0.2) is 14.6 Å². The van der Waals surface area contributed by atoms with Crippen molar-refractivity contribution < 1.29 is 33.4 Å². The Morgan fingerprint density at radius 1 is 0.651 bits per heavy atom. The third-order valence-electron chi connectivity index (χ3n) is 11.0. The van der Waals surface area contributed by atoms with E-state index in [9.17, 15) is 19.2 Å². The van der Waals surface area contributed by atoms with Crippen LogP contribution in [0.3, 0.4) is 0 Å². The zero-order valence-electron chi connectivity index (χ0n) is 36.9. The Morgan fingerprint density at radius 2 is 1.13 bits per heavy atom. The number of hydrogen-bond donors (Lipinski definition) is 3. The van der Waals surface area contributed by atoms with E-state index in [1.165, 1.54) is 0 Å². The molecule has 2 saturated heterocycles. The number of amides is 4. The predicted octanol–water partition coefficient (Wildman–Crippen LogP) is 9.31. The van der Waals surface area contributed by atoms with Crippen molar-refractivity contribution >= 4 is 24.0 Å². The van der Waals surface area contributed by atoms with Crippen LogP contribution in [0.1, 0.15) is 102 Å². The van der Waals surface area contributed by atoms with E-state index in [0.29, 0.717) is 42.4 Å². The molecule has 0 radical (unpaired) electrons. The number of ether oxygens (including phenoxy) is 3. The zero-order valence-corrected chi connectivity index (χ0v) is 36.9. The molecule has 3 heterocycles. The summed E-state index contributed by atoms with van der Waals surface area (Å²) in [5, 5.41) is 5.62. The highest BCUT2D eigenvalue weighted by Gasteiger charge is 2.38. The van der Waals surface area contributed by atoms with Gasteiger partial charge >= 0.3 is 12.2 Å². The number of aromatic nitrogens is 2. The zero-order chi connectivity index (χ0) is 44.7. The number of rotatable bonds is 12. The van der Waals surface area contributed by atoms with Crippen LogP contribution in [-0.4, -0.2) is 80.7 Å².